The van der Waals surface area contributed by atoms with Crippen LogP contribution in [0.3, 0.4) is 0 Å². The lowest BCUT2D eigenvalue weighted by atomic mass is 9.86. The lowest BCUT2D eigenvalue weighted by Gasteiger charge is -2.31. The minimum atomic E-state index is -0.897. The molecular weight excluding hydrogens is 307 g/mol. The largest absolute Gasteiger partial charge is 0.465 e. The molecular formula is C19H27FN2O2. The van der Waals surface area contributed by atoms with Crippen molar-refractivity contribution in [2.24, 2.45) is 10.4 Å². The molecule has 1 fully saturated rings. The van der Waals surface area contributed by atoms with E-state index in [0.717, 1.165) is 18.5 Å². The number of rotatable bonds is 4. The monoisotopic (exact) mass is 334 g/mol. The van der Waals surface area contributed by atoms with Gasteiger partial charge in [0, 0.05) is 25.8 Å². The molecule has 1 heterocycles. The van der Waals surface area contributed by atoms with Crippen molar-refractivity contribution >= 4 is 12.3 Å². The fraction of sp³-hybridized carbons (Fsp3) is 0.579. The number of aliphatic imine (C=N–C) groups is 1. The van der Waals surface area contributed by atoms with E-state index in [4.69, 9.17) is 5.11 Å². The summed E-state index contributed by atoms with van der Waals surface area (Å²) in [4.78, 5) is 16.9. The van der Waals surface area contributed by atoms with E-state index >= 15 is 0 Å². The third-order valence-electron chi connectivity index (χ3n) is 4.48. The van der Waals surface area contributed by atoms with Crippen LogP contribution < -0.4 is 0 Å². The average Bonchev–Trinajstić information content (AvgIpc) is 2.51. The van der Waals surface area contributed by atoms with Crippen molar-refractivity contribution in [3.63, 3.8) is 0 Å². The van der Waals surface area contributed by atoms with Crippen molar-refractivity contribution in [1.29, 1.82) is 0 Å². The van der Waals surface area contributed by atoms with E-state index in [-0.39, 0.29) is 17.2 Å². The zero-order valence-corrected chi connectivity index (χ0v) is 14.8. The second-order valence-corrected chi connectivity index (χ2v) is 7.63. The van der Waals surface area contributed by atoms with Crippen LogP contribution in [0, 0.1) is 11.2 Å². The van der Waals surface area contributed by atoms with Gasteiger partial charge in [0.05, 0.1) is 0 Å². The first-order chi connectivity index (χ1) is 11.3. The maximum atomic E-state index is 14.4. The zero-order valence-electron chi connectivity index (χ0n) is 14.8. The van der Waals surface area contributed by atoms with Crippen LogP contribution in [0.15, 0.2) is 23.2 Å². The molecule has 1 N–H and O–H groups in total. The first kappa shape index (κ1) is 18.4. The molecule has 0 atom stereocenters. The Morgan fingerprint density at radius 1 is 1.38 bits per heavy atom. The van der Waals surface area contributed by atoms with E-state index in [9.17, 15) is 9.18 Å². The molecule has 24 heavy (non-hydrogen) atoms. The normalized spacial score (nSPS) is 16.8. The van der Waals surface area contributed by atoms with Gasteiger partial charge in [0.2, 0.25) is 0 Å². The van der Waals surface area contributed by atoms with E-state index in [2.05, 4.69) is 25.8 Å². The highest BCUT2D eigenvalue weighted by Gasteiger charge is 2.26. The molecule has 0 aliphatic carbocycles. The molecule has 2 rings (SSSR count). The SMILES string of the molecule is CC(C)(C)CC/N=C/c1cccc(F)c1C1CCN(C(=O)O)CC1. The fourth-order valence-electron chi connectivity index (χ4n) is 3.02. The van der Waals surface area contributed by atoms with E-state index in [1.54, 1.807) is 12.3 Å². The molecule has 132 valence electrons. The number of carboxylic acid groups (broad SMARTS) is 1. The van der Waals surface area contributed by atoms with Crippen LogP contribution in [0.1, 0.15) is 57.1 Å². The Hall–Kier alpha value is -1.91. The third kappa shape index (κ3) is 5.05. The Labute approximate surface area is 143 Å². The maximum Gasteiger partial charge on any atom is 0.407 e. The molecule has 5 heteroatoms. The van der Waals surface area contributed by atoms with E-state index in [1.807, 2.05) is 6.07 Å². The minimum absolute atomic E-state index is 0.0471. The summed E-state index contributed by atoms with van der Waals surface area (Å²) in [6.07, 6.45) is 3.15. The summed E-state index contributed by atoms with van der Waals surface area (Å²) in [5.41, 5.74) is 1.73. The Balaban J connectivity index is 2.10. The van der Waals surface area contributed by atoms with Crippen molar-refractivity contribution in [1.82, 2.24) is 4.90 Å². The smallest absolute Gasteiger partial charge is 0.407 e. The summed E-state index contributed by atoms with van der Waals surface area (Å²) in [7, 11) is 0. The highest BCUT2D eigenvalue weighted by Crippen LogP contribution is 2.32. The average molecular weight is 334 g/mol. The maximum absolute atomic E-state index is 14.4. The minimum Gasteiger partial charge on any atom is -0.465 e. The van der Waals surface area contributed by atoms with Crippen LogP contribution in [0.5, 0.6) is 0 Å². The topological polar surface area (TPSA) is 52.9 Å². The first-order valence-corrected chi connectivity index (χ1v) is 8.54. The Kier molecular flexibility index (Phi) is 5.97. The predicted molar refractivity (Wildman–Crippen MR) is 94.5 cm³/mol. The molecule has 1 saturated heterocycles. The fourth-order valence-corrected chi connectivity index (χ4v) is 3.02. The quantitative estimate of drug-likeness (QED) is 0.822. The van der Waals surface area contributed by atoms with Crippen molar-refractivity contribution in [3.05, 3.63) is 35.1 Å². The number of amides is 1. The molecule has 0 unspecified atom stereocenters. The highest BCUT2D eigenvalue weighted by molar-refractivity contribution is 5.82. The first-order valence-electron chi connectivity index (χ1n) is 8.54. The van der Waals surface area contributed by atoms with Crippen LogP contribution >= 0.6 is 0 Å². The number of piperidine rings is 1. The van der Waals surface area contributed by atoms with Gasteiger partial charge in [-0.3, -0.25) is 4.99 Å². The molecule has 0 bridgehead atoms. The van der Waals surface area contributed by atoms with Crippen LogP contribution in [0.2, 0.25) is 0 Å². The molecule has 0 radical (unpaired) electrons. The number of likely N-dealkylation sites (tertiary alicyclic amines) is 1. The van der Waals surface area contributed by atoms with E-state index < -0.39 is 6.09 Å². The Morgan fingerprint density at radius 3 is 2.62 bits per heavy atom. The summed E-state index contributed by atoms with van der Waals surface area (Å²) in [5, 5.41) is 9.04. The summed E-state index contributed by atoms with van der Waals surface area (Å²) in [5.74, 6) is -0.172. The van der Waals surface area contributed by atoms with Gasteiger partial charge in [-0.15, -0.1) is 0 Å². The molecule has 1 amide bonds. The van der Waals surface area contributed by atoms with Gasteiger partial charge in [-0.25, -0.2) is 9.18 Å². The molecule has 4 nitrogen and oxygen atoms in total. The standard InChI is InChI=1S/C19H27FN2O2/c1-19(2,3)9-10-21-13-15-5-4-6-16(20)17(15)14-7-11-22(12-8-14)18(23)24/h4-6,13-14H,7-12H2,1-3H3,(H,23,24)/b21-13+. The molecule has 1 aliphatic rings. The number of halogens is 1. The Bertz CT molecular complexity index is 600. The molecule has 0 saturated carbocycles. The van der Waals surface area contributed by atoms with Crippen LogP contribution in [0.4, 0.5) is 9.18 Å². The molecule has 1 aromatic rings. The second kappa shape index (κ2) is 7.77. The molecule has 1 aromatic carbocycles. The van der Waals surface area contributed by atoms with Gasteiger partial charge in [0.1, 0.15) is 5.82 Å². The van der Waals surface area contributed by atoms with Crippen LogP contribution in [-0.2, 0) is 0 Å². The van der Waals surface area contributed by atoms with Gasteiger partial charge in [0.25, 0.3) is 0 Å². The number of carbonyl (C=O) groups is 1. The van der Waals surface area contributed by atoms with Gasteiger partial charge < -0.3 is 10.0 Å². The molecule has 1 aliphatic heterocycles. The van der Waals surface area contributed by atoms with Gasteiger partial charge >= 0.3 is 6.09 Å². The van der Waals surface area contributed by atoms with Crippen LogP contribution in [0.25, 0.3) is 0 Å². The summed E-state index contributed by atoms with van der Waals surface area (Å²) < 4.78 is 14.4. The van der Waals surface area contributed by atoms with Crippen molar-refractivity contribution < 1.29 is 14.3 Å². The van der Waals surface area contributed by atoms with Gasteiger partial charge in [-0.05, 0) is 47.8 Å². The molecule has 0 aromatic heterocycles. The van der Waals surface area contributed by atoms with Crippen molar-refractivity contribution in [3.8, 4) is 0 Å². The van der Waals surface area contributed by atoms with Gasteiger partial charge in [-0.1, -0.05) is 32.9 Å². The predicted octanol–water partition coefficient (Wildman–Crippen LogP) is 4.54. The lowest BCUT2D eigenvalue weighted by Crippen LogP contribution is -2.37. The third-order valence-corrected chi connectivity index (χ3v) is 4.48. The molecule has 0 spiro atoms. The number of hydrogen-bond donors (Lipinski definition) is 1. The zero-order chi connectivity index (χ0) is 17.7. The van der Waals surface area contributed by atoms with Crippen LogP contribution in [-0.4, -0.2) is 41.9 Å². The number of benzene rings is 1. The summed E-state index contributed by atoms with van der Waals surface area (Å²) in [6.45, 7) is 8.14. The second-order valence-electron chi connectivity index (χ2n) is 7.63. The number of hydrogen-bond acceptors (Lipinski definition) is 2. The van der Waals surface area contributed by atoms with E-state index in [1.165, 1.54) is 11.0 Å². The summed E-state index contributed by atoms with van der Waals surface area (Å²) >= 11 is 0. The van der Waals surface area contributed by atoms with Gasteiger partial charge in [0.15, 0.2) is 0 Å². The van der Waals surface area contributed by atoms with Crippen molar-refractivity contribution in [2.45, 2.75) is 46.0 Å². The highest BCUT2D eigenvalue weighted by atomic mass is 19.1. The van der Waals surface area contributed by atoms with Crippen molar-refractivity contribution in [2.75, 3.05) is 19.6 Å². The van der Waals surface area contributed by atoms with E-state index in [0.29, 0.717) is 31.5 Å². The summed E-state index contributed by atoms with van der Waals surface area (Å²) in [6, 6.07) is 5.07. The van der Waals surface area contributed by atoms with Gasteiger partial charge in [-0.2, -0.15) is 0 Å². The Morgan fingerprint density at radius 2 is 2.04 bits per heavy atom. The lowest BCUT2D eigenvalue weighted by molar-refractivity contribution is 0.132. The number of nitrogens with zero attached hydrogens (tertiary/aromatic N) is 2.